The summed E-state index contributed by atoms with van der Waals surface area (Å²) in [6.07, 6.45) is 0. The molecule has 0 aliphatic carbocycles. The average Bonchev–Trinajstić information content (AvgIpc) is 3.31. The molecular formula is C19H12BrN5O5. The van der Waals surface area contributed by atoms with Crippen LogP contribution in [0.3, 0.4) is 0 Å². The molecular weight excluding hydrogens is 458 g/mol. The van der Waals surface area contributed by atoms with Gasteiger partial charge in [0, 0.05) is 10.5 Å². The Morgan fingerprint density at radius 2 is 1.97 bits per heavy atom. The maximum atomic E-state index is 12.7. The highest BCUT2D eigenvalue weighted by Crippen LogP contribution is 2.35. The summed E-state index contributed by atoms with van der Waals surface area (Å²) in [6, 6.07) is 9.64. The number of aromatic nitrogens is 4. The molecule has 1 aliphatic rings. The molecule has 2 aromatic heterocycles. The molecule has 0 saturated carbocycles. The number of carbonyl (C=O) groups excluding carboxylic acids is 1. The first-order valence-corrected chi connectivity index (χ1v) is 9.43. The number of nitrogens with two attached hydrogens (primary N) is 1. The Balaban J connectivity index is 1.82. The van der Waals surface area contributed by atoms with Crippen LogP contribution in [0.15, 0.2) is 45.7 Å². The maximum absolute atomic E-state index is 12.7. The summed E-state index contributed by atoms with van der Waals surface area (Å²) in [5, 5.41) is 10.3. The van der Waals surface area contributed by atoms with E-state index in [2.05, 4.69) is 30.9 Å². The van der Waals surface area contributed by atoms with Gasteiger partial charge >= 0.3 is 5.69 Å². The minimum Gasteiger partial charge on any atom is -0.507 e. The van der Waals surface area contributed by atoms with E-state index in [4.69, 9.17) is 15.2 Å². The van der Waals surface area contributed by atoms with Crippen molar-refractivity contribution in [3.8, 4) is 34.3 Å². The van der Waals surface area contributed by atoms with Crippen molar-refractivity contribution < 1.29 is 19.4 Å². The smallest absolute Gasteiger partial charge is 0.332 e. The molecule has 11 heteroatoms. The second-order valence-electron chi connectivity index (χ2n) is 6.42. The predicted octanol–water partition coefficient (Wildman–Crippen LogP) is 2.07. The summed E-state index contributed by atoms with van der Waals surface area (Å²) in [5.74, 6) is 0.114. The van der Waals surface area contributed by atoms with Gasteiger partial charge in [0.25, 0.3) is 5.91 Å². The van der Waals surface area contributed by atoms with E-state index < -0.39 is 11.6 Å². The van der Waals surface area contributed by atoms with Crippen molar-refractivity contribution in [1.82, 2.24) is 19.5 Å². The van der Waals surface area contributed by atoms with Crippen LogP contribution >= 0.6 is 15.9 Å². The number of nitrogens with zero attached hydrogens (tertiary/aromatic N) is 3. The number of carbonyl (C=O) groups is 1. The predicted molar refractivity (Wildman–Crippen MR) is 109 cm³/mol. The van der Waals surface area contributed by atoms with Crippen molar-refractivity contribution in [1.29, 1.82) is 0 Å². The quantitative estimate of drug-likeness (QED) is 0.416. The van der Waals surface area contributed by atoms with Gasteiger partial charge in [-0.1, -0.05) is 15.9 Å². The Labute approximate surface area is 176 Å². The van der Waals surface area contributed by atoms with Crippen LogP contribution in [0.5, 0.6) is 17.2 Å². The van der Waals surface area contributed by atoms with Crippen LogP contribution in [0.25, 0.3) is 28.2 Å². The number of hydrogen-bond acceptors (Lipinski definition) is 7. The highest BCUT2D eigenvalue weighted by Gasteiger charge is 2.22. The van der Waals surface area contributed by atoms with Crippen LogP contribution < -0.4 is 20.9 Å². The molecule has 0 radical (unpaired) electrons. The zero-order chi connectivity index (χ0) is 21.0. The molecule has 10 nitrogen and oxygen atoms in total. The molecule has 0 spiro atoms. The lowest BCUT2D eigenvalue weighted by Crippen LogP contribution is -2.15. The first kappa shape index (κ1) is 18.2. The highest BCUT2D eigenvalue weighted by molar-refractivity contribution is 9.10. The first-order valence-electron chi connectivity index (χ1n) is 8.64. The number of aromatic amines is 1. The summed E-state index contributed by atoms with van der Waals surface area (Å²) in [5.41, 5.74) is 5.69. The number of aromatic hydroxyl groups is 1. The van der Waals surface area contributed by atoms with Gasteiger partial charge in [-0.05, 0) is 30.3 Å². The van der Waals surface area contributed by atoms with E-state index in [-0.39, 0.29) is 40.8 Å². The van der Waals surface area contributed by atoms with Gasteiger partial charge in [0.2, 0.25) is 6.79 Å². The number of ether oxygens (including phenoxy) is 2. The number of fused-ring (bicyclic) bond motifs is 2. The number of H-pyrrole nitrogens is 1. The molecule has 30 heavy (non-hydrogen) atoms. The summed E-state index contributed by atoms with van der Waals surface area (Å²) in [7, 11) is 0. The maximum Gasteiger partial charge on any atom is 0.332 e. The van der Waals surface area contributed by atoms with Crippen molar-refractivity contribution in [2.45, 2.75) is 0 Å². The monoisotopic (exact) mass is 469 g/mol. The third-order valence-electron chi connectivity index (χ3n) is 4.58. The van der Waals surface area contributed by atoms with Gasteiger partial charge in [-0.2, -0.15) is 0 Å². The van der Waals surface area contributed by atoms with Gasteiger partial charge in [-0.25, -0.2) is 19.3 Å². The summed E-state index contributed by atoms with van der Waals surface area (Å²) >= 11 is 3.33. The SMILES string of the molecule is NC(=O)c1nc(-c2cc(Br)ccc2O)nc2c1[nH]c(=O)n2-c1ccc2c(c1)OCO2. The Hall–Kier alpha value is -3.86. The largest absolute Gasteiger partial charge is 0.507 e. The Morgan fingerprint density at radius 1 is 1.17 bits per heavy atom. The molecule has 150 valence electrons. The lowest BCUT2D eigenvalue weighted by Gasteiger charge is -2.08. The molecule has 0 saturated heterocycles. The molecule has 0 fully saturated rings. The number of nitrogens with one attached hydrogen (secondary N) is 1. The fraction of sp³-hybridized carbons (Fsp3) is 0.0526. The number of hydrogen-bond donors (Lipinski definition) is 3. The van der Waals surface area contributed by atoms with Crippen molar-refractivity contribution in [3.05, 3.63) is 57.0 Å². The molecule has 0 unspecified atom stereocenters. The van der Waals surface area contributed by atoms with E-state index in [1.807, 2.05) is 0 Å². The number of phenols is 1. The van der Waals surface area contributed by atoms with E-state index in [1.165, 1.54) is 10.6 Å². The van der Waals surface area contributed by atoms with Crippen molar-refractivity contribution >= 4 is 33.0 Å². The topological polar surface area (TPSA) is 145 Å². The molecule has 1 amide bonds. The fourth-order valence-electron chi connectivity index (χ4n) is 3.23. The van der Waals surface area contributed by atoms with Crippen LogP contribution in [0.1, 0.15) is 10.5 Å². The van der Waals surface area contributed by atoms with Crippen molar-refractivity contribution in [2.75, 3.05) is 6.79 Å². The van der Waals surface area contributed by atoms with Crippen LogP contribution in [0, 0.1) is 0 Å². The van der Waals surface area contributed by atoms with Gasteiger partial charge in [0.1, 0.15) is 11.3 Å². The zero-order valence-corrected chi connectivity index (χ0v) is 16.6. The number of phenolic OH excluding ortho intramolecular Hbond substituents is 1. The highest BCUT2D eigenvalue weighted by atomic mass is 79.9. The summed E-state index contributed by atoms with van der Waals surface area (Å²) in [6.45, 7) is 0.0852. The number of amides is 1. The summed E-state index contributed by atoms with van der Waals surface area (Å²) < 4.78 is 12.6. The second kappa shape index (κ2) is 6.59. The minimum atomic E-state index is -0.850. The Kier molecular flexibility index (Phi) is 4.00. The number of primary amides is 1. The molecule has 0 atom stereocenters. The van der Waals surface area contributed by atoms with E-state index >= 15 is 0 Å². The van der Waals surface area contributed by atoms with Gasteiger partial charge in [0.15, 0.2) is 28.7 Å². The second-order valence-corrected chi connectivity index (χ2v) is 7.34. The third-order valence-corrected chi connectivity index (χ3v) is 5.08. The van der Waals surface area contributed by atoms with Gasteiger partial charge in [0.05, 0.1) is 11.3 Å². The standard InChI is InChI=1S/C19H12BrN5O5/c20-8-1-3-11(26)10(5-8)17-22-14(16(21)27)15-18(24-17)25(19(28)23-15)9-2-4-12-13(6-9)30-7-29-12/h1-6,26H,7H2,(H2,21,27)(H,23,28). The number of rotatable bonds is 3. The van der Waals surface area contributed by atoms with Gasteiger partial charge in [-0.15, -0.1) is 0 Å². The van der Waals surface area contributed by atoms with Gasteiger partial charge in [-0.3, -0.25) is 4.79 Å². The van der Waals surface area contributed by atoms with Gasteiger partial charge < -0.3 is 25.3 Å². The number of halogens is 1. The van der Waals surface area contributed by atoms with Crippen molar-refractivity contribution in [3.63, 3.8) is 0 Å². The lowest BCUT2D eigenvalue weighted by molar-refractivity contribution is 0.0997. The number of benzene rings is 2. The normalized spacial score (nSPS) is 12.4. The molecule has 3 heterocycles. The molecule has 4 N–H and O–H groups in total. The Morgan fingerprint density at radius 3 is 2.77 bits per heavy atom. The third kappa shape index (κ3) is 2.78. The lowest BCUT2D eigenvalue weighted by atomic mass is 10.2. The minimum absolute atomic E-state index is 0.0311. The molecule has 0 bridgehead atoms. The van der Waals surface area contributed by atoms with E-state index in [1.54, 1.807) is 30.3 Å². The number of imidazole rings is 1. The van der Waals surface area contributed by atoms with E-state index in [9.17, 15) is 14.7 Å². The Bertz CT molecular complexity index is 1410. The van der Waals surface area contributed by atoms with Crippen molar-refractivity contribution in [2.24, 2.45) is 5.73 Å². The van der Waals surface area contributed by atoms with Crippen LogP contribution in [-0.2, 0) is 0 Å². The van der Waals surface area contributed by atoms with E-state index in [0.717, 1.165) is 0 Å². The first-order chi connectivity index (χ1) is 14.4. The fourth-order valence-corrected chi connectivity index (χ4v) is 3.60. The molecule has 1 aliphatic heterocycles. The van der Waals surface area contributed by atoms with Crippen LogP contribution in [-0.4, -0.2) is 37.3 Å². The summed E-state index contributed by atoms with van der Waals surface area (Å²) in [4.78, 5) is 36.0. The molecule has 2 aromatic carbocycles. The van der Waals surface area contributed by atoms with Crippen LogP contribution in [0.4, 0.5) is 0 Å². The van der Waals surface area contributed by atoms with E-state index in [0.29, 0.717) is 21.7 Å². The zero-order valence-electron chi connectivity index (χ0n) is 15.0. The average molecular weight is 470 g/mol. The molecule has 4 aromatic rings. The molecule has 5 rings (SSSR count). The van der Waals surface area contributed by atoms with Crippen LogP contribution in [0.2, 0.25) is 0 Å².